The largest absolute Gasteiger partial charge is 0.381 e. The Morgan fingerprint density at radius 2 is 1.73 bits per heavy atom. The minimum absolute atomic E-state index is 0.00905. The van der Waals surface area contributed by atoms with E-state index in [9.17, 15) is 4.79 Å². The van der Waals surface area contributed by atoms with Crippen LogP contribution < -0.4 is 5.32 Å². The Morgan fingerprint density at radius 3 is 2.36 bits per heavy atom. The Morgan fingerprint density at radius 1 is 1.09 bits per heavy atom. The van der Waals surface area contributed by atoms with Crippen LogP contribution in [0.4, 0.5) is 0 Å². The lowest BCUT2D eigenvalue weighted by atomic mass is 9.98. The van der Waals surface area contributed by atoms with Gasteiger partial charge in [0.1, 0.15) is 0 Å². The molecule has 1 N–H and O–H groups in total. The van der Waals surface area contributed by atoms with Crippen LogP contribution in [0.2, 0.25) is 0 Å². The molecule has 1 amide bonds. The van der Waals surface area contributed by atoms with Crippen LogP contribution in [0.25, 0.3) is 0 Å². The Hall–Kier alpha value is -1.65. The molecule has 2 aromatic rings. The molecule has 0 bridgehead atoms. The summed E-state index contributed by atoms with van der Waals surface area (Å²) in [4.78, 5) is 12.1. The molecule has 1 atom stereocenters. The molecule has 116 valence electrons. The summed E-state index contributed by atoms with van der Waals surface area (Å²) in [6, 6.07) is 17.8. The van der Waals surface area contributed by atoms with Crippen molar-refractivity contribution in [2.24, 2.45) is 0 Å². The van der Waals surface area contributed by atoms with Crippen molar-refractivity contribution in [2.45, 2.75) is 19.4 Å². The number of carbonyl (C=O) groups is 1. The van der Waals surface area contributed by atoms with E-state index in [0.29, 0.717) is 19.6 Å². The molecule has 2 rings (SSSR count). The lowest BCUT2D eigenvalue weighted by Gasteiger charge is -2.20. The fourth-order valence-corrected chi connectivity index (χ4v) is 2.47. The van der Waals surface area contributed by atoms with Crippen molar-refractivity contribution >= 4 is 21.8 Å². The molecule has 0 aliphatic carbocycles. The lowest BCUT2D eigenvalue weighted by Crippen LogP contribution is -2.30. The van der Waals surface area contributed by atoms with Gasteiger partial charge in [0.2, 0.25) is 5.91 Å². The maximum Gasteiger partial charge on any atom is 0.223 e. The van der Waals surface area contributed by atoms with E-state index in [0.717, 1.165) is 15.6 Å². The van der Waals surface area contributed by atoms with Crippen LogP contribution in [0.15, 0.2) is 59.1 Å². The summed E-state index contributed by atoms with van der Waals surface area (Å²) in [5, 5.41) is 3.09. The van der Waals surface area contributed by atoms with Crippen LogP contribution >= 0.6 is 15.9 Å². The number of nitrogens with one attached hydrogen (secondary N) is 1. The molecular weight excluding hydrogens is 342 g/mol. The molecule has 0 aliphatic rings. The van der Waals surface area contributed by atoms with Gasteiger partial charge in [-0.15, -0.1) is 0 Å². The van der Waals surface area contributed by atoms with Crippen LogP contribution in [0.1, 0.15) is 30.5 Å². The van der Waals surface area contributed by atoms with E-state index in [2.05, 4.69) is 21.2 Å². The zero-order chi connectivity index (χ0) is 15.8. The van der Waals surface area contributed by atoms with E-state index < -0.39 is 0 Å². The number of carbonyl (C=O) groups excluding carboxylic acids is 1. The first kappa shape index (κ1) is 16.7. The third-order valence-corrected chi connectivity index (χ3v) is 3.85. The summed E-state index contributed by atoms with van der Waals surface area (Å²) >= 11 is 3.44. The number of rotatable bonds is 7. The van der Waals surface area contributed by atoms with Crippen LogP contribution in [0, 0.1) is 0 Å². The molecular formula is C18H20BrNO2. The van der Waals surface area contributed by atoms with E-state index in [-0.39, 0.29) is 11.9 Å². The van der Waals surface area contributed by atoms with Crippen molar-refractivity contribution in [3.63, 3.8) is 0 Å². The van der Waals surface area contributed by atoms with Gasteiger partial charge in [-0.1, -0.05) is 58.4 Å². The molecule has 0 heterocycles. The molecule has 0 aromatic heterocycles. The standard InChI is InChI=1S/C18H20BrNO2/c1-2-22-13-12-17(21)20-18(14-6-4-3-5-7-14)15-8-10-16(19)11-9-15/h3-11,18H,2,12-13H2,1H3,(H,20,21). The fraction of sp³-hybridized carbons (Fsp3) is 0.278. The average molecular weight is 362 g/mol. The third kappa shape index (κ3) is 4.97. The number of amides is 1. The second-order valence-corrected chi connectivity index (χ2v) is 5.83. The van der Waals surface area contributed by atoms with Gasteiger partial charge in [0, 0.05) is 17.5 Å². The summed E-state index contributed by atoms with van der Waals surface area (Å²) in [6.45, 7) is 3.00. The van der Waals surface area contributed by atoms with Crippen molar-refractivity contribution < 1.29 is 9.53 Å². The first-order valence-electron chi connectivity index (χ1n) is 7.38. The van der Waals surface area contributed by atoms with Crippen molar-refractivity contribution in [3.05, 3.63) is 70.2 Å². The molecule has 1 unspecified atom stereocenters. The molecule has 0 spiro atoms. The predicted octanol–water partition coefficient (Wildman–Crippen LogP) is 4.08. The van der Waals surface area contributed by atoms with Crippen molar-refractivity contribution in [1.29, 1.82) is 0 Å². The first-order chi connectivity index (χ1) is 10.7. The van der Waals surface area contributed by atoms with Crippen LogP contribution in [0.5, 0.6) is 0 Å². The highest BCUT2D eigenvalue weighted by molar-refractivity contribution is 9.10. The normalized spacial score (nSPS) is 11.9. The Labute approximate surface area is 139 Å². The minimum atomic E-state index is -0.150. The highest BCUT2D eigenvalue weighted by Crippen LogP contribution is 2.23. The summed E-state index contributed by atoms with van der Waals surface area (Å²) in [5.41, 5.74) is 2.12. The maximum absolute atomic E-state index is 12.1. The predicted molar refractivity (Wildman–Crippen MR) is 91.7 cm³/mol. The van der Waals surface area contributed by atoms with Gasteiger partial charge >= 0.3 is 0 Å². The maximum atomic E-state index is 12.1. The lowest BCUT2D eigenvalue weighted by molar-refractivity contribution is -0.122. The van der Waals surface area contributed by atoms with Gasteiger partial charge in [-0.05, 0) is 30.2 Å². The van der Waals surface area contributed by atoms with Crippen molar-refractivity contribution in [2.75, 3.05) is 13.2 Å². The Bertz CT molecular complexity index is 584. The van der Waals surface area contributed by atoms with Gasteiger partial charge in [0.05, 0.1) is 12.6 Å². The highest BCUT2D eigenvalue weighted by atomic mass is 79.9. The number of benzene rings is 2. The summed E-state index contributed by atoms with van der Waals surface area (Å²) < 4.78 is 6.27. The molecule has 0 saturated carbocycles. The summed E-state index contributed by atoms with van der Waals surface area (Å²) in [7, 11) is 0. The molecule has 3 nitrogen and oxygen atoms in total. The molecule has 22 heavy (non-hydrogen) atoms. The van der Waals surface area contributed by atoms with E-state index in [1.165, 1.54) is 0 Å². The number of halogens is 1. The van der Waals surface area contributed by atoms with Crippen molar-refractivity contribution in [1.82, 2.24) is 5.32 Å². The smallest absolute Gasteiger partial charge is 0.223 e. The van der Waals surface area contributed by atoms with Crippen LogP contribution in [0.3, 0.4) is 0 Å². The topological polar surface area (TPSA) is 38.3 Å². The van der Waals surface area contributed by atoms with E-state index in [1.807, 2.05) is 61.5 Å². The van der Waals surface area contributed by atoms with Crippen LogP contribution in [-0.4, -0.2) is 19.1 Å². The first-order valence-corrected chi connectivity index (χ1v) is 8.17. The van der Waals surface area contributed by atoms with E-state index in [1.54, 1.807) is 0 Å². The molecule has 0 fully saturated rings. The second kappa shape index (κ2) is 8.71. The van der Waals surface area contributed by atoms with E-state index >= 15 is 0 Å². The summed E-state index contributed by atoms with van der Waals surface area (Å²) in [6.07, 6.45) is 0.369. The fourth-order valence-electron chi connectivity index (χ4n) is 2.20. The Kier molecular flexibility index (Phi) is 6.62. The third-order valence-electron chi connectivity index (χ3n) is 3.32. The molecule has 0 radical (unpaired) electrons. The van der Waals surface area contributed by atoms with Gasteiger partial charge in [-0.3, -0.25) is 4.79 Å². The molecule has 4 heteroatoms. The summed E-state index contributed by atoms with van der Waals surface area (Å²) in [5.74, 6) is -0.00905. The van der Waals surface area contributed by atoms with Gasteiger partial charge < -0.3 is 10.1 Å². The van der Waals surface area contributed by atoms with E-state index in [4.69, 9.17) is 4.74 Å². The van der Waals surface area contributed by atoms with Crippen molar-refractivity contribution in [3.8, 4) is 0 Å². The highest BCUT2D eigenvalue weighted by Gasteiger charge is 2.16. The second-order valence-electron chi connectivity index (χ2n) is 4.91. The van der Waals surface area contributed by atoms with Gasteiger partial charge in [0.25, 0.3) is 0 Å². The van der Waals surface area contributed by atoms with Crippen LogP contribution in [-0.2, 0) is 9.53 Å². The zero-order valence-electron chi connectivity index (χ0n) is 12.6. The number of hydrogen-bond acceptors (Lipinski definition) is 2. The minimum Gasteiger partial charge on any atom is -0.381 e. The molecule has 0 saturated heterocycles. The van der Waals surface area contributed by atoms with Gasteiger partial charge in [0.15, 0.2) is 0 Å². The average Bonchev–Trinajstić information content (AvgIpc) is 2.55. The van der Waals surface area contributed by atoms with Gasteiger partial charge in [-0.2, -0.15) is 0 Å². The quantitative estimate of drug-likeness (QED) is 0.754. The number of hydrogen-bond donors (Lipinski definition) is 1. The Balaban J connectivity index is 2.15. The monoisotopic (exact) mass is 361 g/mol. The molecule has 0 aliphatic heterocycles. The SMILES string of the molecule is CCOCCC(=O)NC(c1ccccc1)c1ccc(Br)cc1. The zero-order valence-corrected chi connectivity index (χ0v) is 14.2. The molecule has 2 aromatic carbocycles. The number of ether oxygens (including phenoxy) is 1. The van der Waals surface area contributed by atoms with Gasteiger partial charge in [-0.25, -0.2) is 0 Å².